The summed E-state index contributed by atoms with van der Waals surface area (Å²) >= 11 is 0. The molecule has 1 aromatic carbocycles. The highest BCUT2D eigenvalue weighted by molar-refractivity contribution is 5.93. The highest BCUT2D eigenvalue weighted by atomic mass is 16.5. The SMILES string of the molecule is CCNC(=NCC(C)N1CCOCC1C)Nc1cccc(OCCCOC)c1. The third kappa shape index (κ3) is 7.66. The molecule has 2 rings (SSSR count). The van der Waals surface area contributed by atoms with E-state index in [0.29, 0.717) is 25.3 Å². The number of nitrogens with zero attached hydrogens (tertiary/aromatic N) is 2. The minimum Gasteiger partial charge on any atom is -0.493 e. The number of benzene rings is 1. The average Bonchev–Trinajstić information content (AvgIpc) is 2.70. The molecule has 2 atom stereocenters. The lowest BCUT2D eigenvalue weighted by Gasteiger charge is -2.37. The zero-order valence-corrected chi connectivity index (χ0v) is 17.7. The van der Waals surface area contributed by atoms with E-state index in [4.69, 9.17) is 19.2 Å². The van der Waals surface area contributed by atoms with Gasteiger partial charge in [0.1, 0.15) is 5.75 Å². The van der Waals surface area contributed by atoms with E-state index in [1.807, 2.05) is 24.3 Å². The molecule has 1 heterocycles. The zero-order chi connectivity index (χ0) is 20.2. The maximum atomic E-state index is 5.78. The molecule has 1 aromatic rings. The normalized spacial score (nSPS) is 19.3. The van der Waals surface area contributed by atoms with Crippen LogP contribution in [-0.2, 0) is 9.47 Å². The van der Waals surface area contributed by atoms with E-state index in [2.05, 4.69) is 36.3 Å². The van der Waals surface area contributed by atoms with Gasteiger partial charge in [0.2, 0.25) is 0 Å². The van der Waals surface area contributed by atoms with E-state index in [1.165, 1.54) is 0 Å². The van der Waals surface area contributed by atoms with Gasteiger partial charge in [-0.25, -0.2) is 0 Å². The summed E-state index contributed by atoms with van der Waals surface area (Å²) in [6.45, 7) is 11.9. The first-order valence-electron chi connectivity index (χ1n) is 10.2. The van der Waals surface area contributed by atoms with Crippen LogP contribution in [0.1, 0.15) is 27.2 Å². The number of guanidine groups is 1. The molecular formula is C21H36N4O3. The van der Waals surface area contributed by atoms with Gasteiger partial charge < -0.3 is 24.8 Å². The first-order chi connectivity index (χ1) is 13.6. The molecule has 1 saturated heterocycles. The fourth-order valence-electron chi connectivity index (χ4n) is 3.22. The molecule has 0 amide bonds. The van der Waals surface area contributed by atoms with Gasteiger partial charge >= 0.3 is 0 Å². The van der Waals surface area contributed by atoms with Crippen LogP contribution in [-0.4, -0.2) is 76.1 Å². The number of rotatable bonds is 10. The van der Waals surface area contributed by atoms with E-state index < -0.39 is 0 Å². The van der Waals surface area contributed by atoms with Crippen LogP contribution in [0.3, 0.4) is 0 Å². The molecule has 7 nitrogen and oxygen atoms in total. The summed E-state index contributed by atoms with van der Waals surface area (Å²) in [6.07, 6.45) is 0.871. The minimum atomic E-state index is 0.366. The molecule has 1 aliphatic rings. The molecule has 0 radical (unpaired) electrons. The maximum Gasteiger partial charge on any atom is 0.195 e. The molecular weight excluding hydrogens is 356 g/mol. The van der Waals surface area contributed by atoms with Gasteiger partial charge in [0.15, 0.2) is 5.96 Å². The molecule has 7 heteroatoms. The van der Waals surface area contributed by atoms with Crippen molar-refractivity contribution >= 4 is 11.6 Å². The van der Waals surface area contributed by atoms with Crippen molar-refractivity contribution in [3.05, 3.63) is 24.3 Å². The molecule has 28 heavy (non-hydrogen) atoms. The van der Waals surface area contributed by atoms with Crippen molar-refractivity contribution in [3.8, 4) is 5.75 Å². The number of nitrogens with one attached hydrogen (secondary N) is 2. The Hall–Kier alpha value is -1.83. The third-order valence-corrected chi connectivity index (χ3v) is 4.70. The van der Waals surface area contributed by atoms with Crippen LogP contribution in [0.2, 0.25) is 0 Å². The smallest absolute Gasteiger partial charge is 0.195 e. The Bertz CT molecular complexity index is 597. The number of methoxy groups -OCH3 is 1. The summed E-state index contributed by atoms with van der Waals surface area (Å²) in [4.78, 5) is 7.25. The highest BCUT2D eigenvalue weighted by Gasteiger charge is 2.23. The number of aliphatic imine (C=N–C) groups is 1. The van der Waals surface area contributed by atoms with Crippen molar-refractivity contribution in [2.45, 2.75) is 39.3 Å². The van der Waals surface area contributed by atoms with Crippen molar-refractivity contribution < 1.29 is 14.2 Å². The van der Waals surface area contributed by atoms with Crippen molar-refractivity contribution in [1.29, 1.82) is 0 Å². The number of hydrogen-bond donors (Lipinski definition) is 2. The lowest BCUT2D eigenvalue weighted by molar-refractivity contribution is -0.0165. The molecule has 2 N–H and O–H groups in total. The van der Waals surface area contributed by atoms with Gasteiger partial charge in [-0.3, -0.25) is 9.89 Å². The maximum absolute atomic E-state index is 5.78. The van der Waals surface area contributed by atoms with Gasteiger partial charge in [0.25, 0.3) is 0 Å². The van der Waals surface area contributed by atoms with Gasteiger partial charge in [-0.05, 0) is 32.9 Å². The predicted octanol–water partition coefficient (Wildman–Crippen LogP) is 2.59. The van der Waals surface area contributed by atoms with E-state index >= 15 is 0 Å². The van der Waals surface area contributed by atoms with Gasteiger partial charge in [0, 0.05) is 57.1 Å². The van der Waals surface area contributed by atoms with Gasteiger partial charge in [-0.2, -0.15) is 0 Å². The van der Waals surface area contributed by atoms with Gasteiger partial charge in [-0.1, -0.05) is 6.07 Å². The topological polar surface area (TPSA) is 67.4 Å². The van der Waals surface area contributed by atoms with Crippen molar-refractivity contribution in [2.75, 3.05) is 58.5 Å². The predicted molar refractivity (Wildman–Crippen MR) is 114 cm³/mol. The molecule has 1 aliphatic heterocycles. The zero-order valence-electron chi connectivity index (χ0n) is 17.7. The molecule has 0 spiro atoms. The molecule has 0 bridgehead atoms. The summed E-state index contributed by atoms with van der Waals surface area (Å²) in [7, 11) is 1.70. The second-order valence-corrected chi connectivity index (χ2v) is 7.08. The first kappa shape index (κ1) is 22.5. The molecule has 158 valence electrons. The Kier molecular flexibility index (Phi) is 10.1. The molecule has 0 saturated carbocycles. The van der Waals surface area contributed by atoms with E-state index in [0.717, 1.165) is 56.7 Å². The number of hydrogen-bond acceptors (Lipinski definition) is 5. The number of anilines is 1. The van der Waals surface area contributed by atoms with Crippen molar-refractivity contribution in [2.24, 2.45) is 4.99 Å². The highest BCUT2D eigenvalue weighted by Crippen LogP contribution is 2.17. The van der Waals surface area contributed by atoms with Gasteiger partial charge in [0.05, 0.1) is 26.4 Å². The van der Waals surface area contributed by atoms with Gasteiger partial charge in [-0.15, -0.1) is 0 Å². The standard InChI is InChI=1S/C21H36N4O3/c1-5-22-21(23-15-17(2)25-10-13-27-16-18(25)3)24-19-8-6-9-20(14-19)28-12-7-11-26-4/h6,8-9,14,17-18H,5,7,10-13,15-16H2,1-4H3,(H2,22,23,24). The van der Waals surface area contributed by atoms with Crippen LogP contribution in [0.25, 0.3) is 0 Å². The fraction of sp³-hybridized carbons (Fsp3) is 0.667. The molecule has 0 aromatic heterocycles. The van der Waals surface area contributed by atoms with Crippen LogP contribution < -0.4 is 15.4 Å². The Morgan fingerprint density at radius 1 is 1.39 bits per heavy atom. The molecule has 2 unspecified atom stereocenters. The minimum absolute atomic E-state index is 0.366. The van der Waals surface area contributed by atoms with Crippen LogP contribution >= 0.6 is 0 Å². The Labute approximate surface area is 169 Å². The lowest BCUT2D eigenvalue weighted by atomic mass is 10.2. The second kappa shape index (κ2) is 12.6. The van der Waals surface area contributed by atoms with E-state index in [9.17, 15) is 0 Å². The van der Waals surface area contributed by atoms with Crippen LogP contribution in [0.15, 0.2) is 29.3 Å². The third-order valence-electron chi connectivity index (χ3n) is 4.70. The van der Waals surface area contributed by atoms with Crippen LogP contribution in [0.4, 0.5) is 5.69 Å². The summed E-state index contributed by atoms with van der Waals surface area (Å²) in [6, 6.07) is 8.75. The average molecular weight is 393 g/mol. The Morgan fingerprint density at radius 3 is 3.00 bits per heavy atom. The number of ether oxygens (including phenoxy) is 3. The van der Waals surface area contributed by atoms with E-state index in [-0.39, 0.29) is 0 Å². The lowest BCUT2D eigenvalue weighted by Crippen LogP contribution is -2.49. The second-order valence-electron chi connectivity index (χ2n) is 7.08. The summed E-state index contributed by atoms with van der Waals surface area (Å²) in [5, 5.41) is 6.70. The molecule has 0 aliphatic carbocycles. The monoisotopic (exact) mass is 392 g/mol. The summed E-state index contributed by atoms with van der Waals surface area (Å²) in [5.74, 6) is 1.62. The Morgan fingerprint density at radius 2 is 2.25 bits per heavy atom. The first-order valence-corrected chi connectivity index (χ1v) is 10.2. The Balaban J connectivity index is 1.92. The van der Waals surface area contributed by atoms with Crippen molar-refractivity contribution in [3.63, 3.8) is 0 Å². The van der Waals surface area contributed by atoms with Crippen LogP contribution in [0.5, 0.6) is 5.75 Å². The quantitative estimate of drug-likeness (QED) is 0.362. The summed E-state index contributed by atoms with van der Waals surface area (Å²) < 4.78 is 16.4. The summed E-state index contributed by atoms with van der Waals surface area (Å²) in [5.41, 5.74) is 0.955. The fourth-order valence-corrected chi connectivity index (χ4v) is 3.22. The molecule has 1 fully saturated rings. The van der Waals surface area contributed by atoms with E-state index in [1.54, 1.807) is 7.11 Å². The number of morpholine rings is 1. The van der Waals surface area contributed by atoms with Crippen molar-refractivity contribution in [1.82, 2.24) is 10.2 Å². The largest absolute Gasteiger partial charge is 0.493 e. The van der Waals surface area contributed by atoms with Crippen LogP contribution in [0, 0.1) is 0 Å².